The van der Waals surface area contributed by atoms with Gasteiger partial charge in [-0.25, -0.2) is 19.2 Å². The molecule has 2 unspecified atom stereocenters. The largest absolute Gasteiger partial charge is 0.444 e. The molecule has 1 aromatic carbocycles. The van der Waals surface area contributed by atoms with Crippen LogP contribution in [0.25, 0.3) is 11.1 Å². The van der Waals surface area contributed by atoms with Crippen molar-refractivity contribution >= 4 is 17.8 Å². The van der Waals surface area contributed by atoms with Crippen molar-refractivity contribution in [3.05, 3.63) is 71.1 Å². The minimum absolute atomic E-state index is 0.0214. The number of nitrogens with two attached hydrogens (primary N) is 1. The highest BCUT2D eigenvalue weighted by Crippen LogP contribution is 2.39. The molecule has 1 fully saturated rings. The number of nitrogens with zero attached hydrogens (tertiary/aromatic N) is 5. The van der Waals surface area contributed by atoms with Gasteiger partial charge in [-0.15, -0.1) is 0 Å². The van der Waals surface area contributed by atoms with Crippen LogP contribution in [-0.2, 0) is 16.0 Å². The normalized spacial score (nSPS) is 19.2. The van der Waals surface area contributed by atoms with Gasteiger partial charge in [0.2, 0.25) is 5.95 Å². The Kier molecular flexibility index (Phi) is 8.94. The van der Waals surface area contributed by atoms with Crippen LogP contribution >= 0.6 is 0 Å². The second-order valence-electron chi connectivity index (χ2n) is 12.7. The van der Waals surface area contributed by atoms with Crippen molar-refractivity contribution in [1.82, 2.24) is 19.9 Å². The standard InChI is InChI=1S/C33H41FN6O3/c1-20(15-22-10-13-40(14-11-22)32(41)42-33(3,4)5)43-39-29-17-24(16-28-30(29)21(2)37-31(35)38-28)26-9-8-25(34)18-27(26)23-7-6-12-36-19-23/h6-9,12,18-20,22,24H,10-11,13-17H2,1-5H3,(H2,35,37,38). The number of carbonyl (C=O) groups is 1. The van der Waals surface area contributed by atoms with Gasteiger partial charge in [-0.2, -0.15) is 0 Å². The van der Waals surface area contributed by atoms with E-state index in [-0.39, 0.29) is 29.9 Å². The van der Waals surface area contributed by atoms with E-state index >= 15 is 0 Å². The number of halogens is 1. The number of piperidine rings is 1. The lowest BCUT2D eigenvalue weighted by atomic mass is 9.78. The second kappa shape index (κ2) is 12.7. The molecular weight excluding hydrogens is 547 g/mol. The molecule has 3 heterocycles. The number of rotatable bonds is 6. The highest BCUT2D eigenvalue weighted by Gasteiger charge is 2.32. The molecular formula is C33H41FN6O3. The Morgan fingerprint density at radius 2 is 1.95 bits per heavy atom. The average molecular weight is 589 g/mol. The number of pyridine rings is 1. The van der Waals surface area contributed by atoms with Crippen molar-refractivity contribution in [2.75, 3.05) is 18.8 Å². The fraction of sp³-hybridized carbons (Fsp3) is 0.485. The van der Waals surface area contributed by atoms with Crippen LogP contribution in [0.1, 0.15) is 81.8 Å². The summed E-state index contributed by atoms with van der Waals surface area (Å²) < 4.78 is 20.0. The molecule has 5 rings (SSSR count). The van der Waals surface area contributed by atoms with E-state index in [0.717, 1.165) is 58.6 Å². The summed E-state index contributed by atoms with van der Waals surface area (Å²) in [6.07, 6.45) is 6.89. The quantitative estimate of drug-likeness (QED) is 0.329. The molecule has 1 aliphatic carbocycles. The van der Waals surface area contributed by atoms with E-state index in [1.807, 2.05) is 52.8 Å². The number of nitrogen functional groups attached to an aromatic ring is 1. The summed E-state index contributed by atoms with van der Waals surface area (Å²) in [7, 11) is 0. The number of likely N-dealkylation sites (tertiary alicyclic amines) is 1. The van der Waals surface area contributed by atoms with Crippen LogP contribution in [0.15, 0.2) is 47.9 Å². The fourth-order valence-electron chi connectivity index (χ4n) is 6.12. The molecule has 2 N–H and O–H groups in total. The number of hydrogen-bond donors (Lipinski definition) is 1. The number of aryl methyl sites for hydroxylation is 1. The van der Waals surface area contributed by atoms with Crippen LogP contribution in [0, 0.1) is 18.7 Å². The van der Waals surface area contributed by atoms with Crippen molar-refractivity contribution in [3.63, 3.8) is 0 Å². The summed E-state index contributed by atoms with van der Waals surface area (Å²) in [6.45, 7) is 10.9. The first-order valence-corrected chi connectivity index (χ1v) is 15.0. The molecule has 2 atom stereocenters. The molecule has 1 amide bonds. The van der Waals surface area contributed by atoms with Crippen molar-refractivity contribution in [2.45, 2.75) is 84.3 Å². The minimum Gasteiger partial charge on any atom is -0.444 e. The van der Waals surface area contributed by atoms with E-state index in [9.17, 15) is 9.18 Å². The Morgan fingerprint density at radius 3 is 2.65 bits per heavy atom. The Balaban J connectivity index is 1.32. The summed E-state index contributed by atoms with van der Waals surface area (Å²) in [5, 5.41) is 4.68. The predicted octanol–water partition coefficient (Wildman–Crippen LogP) is 6.44. The first kappa shape index (κ1) is 30.4. The van der Waals surface area contributed by atoms with Crippen LogP contribution in [0.5, 0.6) is 0 Å². The van der Waals surface area contributed by atoms with Gasteiger partial charge in [-0.1, -0.05) is 17.3 Å². The Morgan fingerprint density at radius 1 is 1.19 bits per heavy atom. The first-order valence-electron chi connectivity index (χ1n) is 15.0. The highest BCUT2D eigenvalue weighted by molar-refractivity contribution is 6.03. The van der Waals surface area contributed by atoms with Gasteiger partial charge in [0, 0.05) is 43.0 Å². The first-order chi connectivity index (χ1) is 20.5. The number of benzene rings is 1. The van der Waals surface area contributed by atoms with Gasteiger partial charge in [0.15, 0.2) is 0 Å². The zero-order valence-electron chi connectivity index (χ0n) is 25.6. The Hall–Kier alpha value is -4.08. The SMILES string of the molecule is Cc1nc(N)nc2c1C(=NOC(C)CC1CCN(C(=O)OC(C)(C)C)CC1)CC(c1ccc(F)cc1-c1cccnc1)C2. The lowest BCUT2D eigenvalue weighted by molar-refractivity contribution is 0.0122. The van der Waals surface area contributed by atoms with Crippen LogP contribution in [-0.4, -0.2) is 56.5 Å². The smallest absolute Gasteiger partial charge is 0.410 e. The third-order valence-corrected chi connectivity index (χ3v) is 8.05. The maximum atomic E-state index is 14.4. The van der Waals surface area contributed by atoms with Crippen molar-refractivity contribution in [3.8, 4) is 11.1 Å². The highest BCUT2D eigenvalue weighted by atomic mass is 19.1. The maximum Gasteiger partial charge on any atom is 0.410 e. The molecule has 43 heavy (non-hydrogen) atoms. The van der Waals surface area contributed by atoms with Gasteiger partial charge in [0.25, 0.3) is 0 Å². The summed E-state index contributed by atoms with van der Waals surface area (Å²) in [5.74, 6) is 0.317. The van der Waals surface area contributed by atoms with E-state index in [1.165, 1.54) is 6.07 Å². The van der Waals surface area contributed by atoms with Gasteiger partial charge in [0.1, 0.15) is 17.5 Å². The summed E-state index contributed by atoms with van der Waals surface area (Å²) in [5.41, 5.74) is 11.4. The predicted molar refractivity (Wildman–Crippen MR) is 164 cm³/mol. The number of hydrogen-bond acceptors (Lipinski definition) is 8. The lowest BCUT2D eigenvalue weighted by Crippen LogP contribution is -2.42. The van der Waals surface area contributed by atoms with E-state index in [0.29, 0.717) is 31.8 Å². The summed E-state index contributed by atoms with van der Waals surface area (Å²) >= 11 is 0. The van der Waals surface area contributed by atoms with Gasteiger partial charge < -0.3 is 20.2 Å². The van der Waals surface area contributed by atoms with E-state index in [1.54, 1.807) is 23.4 Å². The number of ether oxygens (including phenoxy) is 1. The molecule has 228 valence electrons. The fourth-order valence-corrected chi connectivity index (χ4v) is 6.12. The molecule has 2 aromatic heterocycles. The zero-order valence-corrected chi connectivity index (χ0v) is 25.6. The van der Waals surface area contributed by atoms with E-state index in [2.05, 4.69) is 20.1 Å². The molecule has 0 bridgehead atoms. The third-order valence-electron chi connectivity index (χ3n) is 8.05. The van der Waals surface area contributed by atoms with Gasteiger partial charge >= 0.3 is 6.09 Å². The molecule has 1 aliphatic heterocycles. The number of oxime groups is 1. The topological polar surface area (TPSA) is 116 Å². The number of fused-ring (bicyclic) bond motifs is 1. The minimum atomic E-state index is -0.502. The van der Waals surface area contributed by atoms with Crippen LogP contribution < -0.4 is 5.73 Å². The zero-order chi connectivity index (χ0) is 30.7. The molecule has 1 saturated heterocycles. The number of aromatic nitrogens is 3. The Bertz CT molecular complexity index is 1480. The van der Waals surface area contributed by atoms with Gasteiger partial charge in [0.05, 0.1) is 17.1 Å². The van der Waals surface area contributed by atoms with E-state index < -0.39 is 5.60 Å². The molecule has 0 saturated carbocycles. The monoisotopic (exact) mass is 588 g/mol. The summed E-state index contributed by atoms with van der Waals surface area (Å²) in [6, 6.07) is 8.68. The summed E-state index contributed by atoms with van der Waals surface area (Å²) in [4.78, 5) is 33.6. The van der Waals surface area contributed by atoms with Crippen molar-refractivity contribution in [2.24, 2.45) is 11.1 Å². The average Bonchev–Trinajstić information content (AvgIpc) is 2.95. The molecule has 9 nitrogen and oxygen atoms in total. The van der Waals surface area contributed by atoms with Crippen LogP contribution in [0.3, 0.4) is 0 Å². The molecule has 10 heteroatoms. The number of amides is 1. The van der Waals surface area contributed by atoms with Gasteiger partial charge in [-0.3, -0.25) is 4.98 Å². The molecule has 3 aromatic rings. The maximum absolute atomic E-state index is 14.4. The van der Waals surface area contributed by atoms with Crippen LogP contribution in [0.4, 0.5) is 15.1 Å². The van der Waals surface area contributed by atoms with Crippen LogP contribution in [0.2, 0.25) is 0 Å². The third kappa shape index (κ3) is 7.47. The second-order valence-corrected chi connectivity index (χ2v) is 12.7. The van der Waals surface area contributed by atoms with E-state index in [4.69, 9.17) is 15.3 Å². The molecule has 0 radical (unpaired) electrons. The lowest BCUT2D eigenvalue weighted by Gasteiger charge is -2.34. The molecule has 2 aliphatic rings. The molecule has 0 spiro atoms. The Labute approximate surface area is 252 Å². The number of carbonyl (C=O) groups excluding carboxylic acids is 1. The van der Waals surface area contributed by atoms with Crippen molar-refractivity contribution < 1.29 is 18.8 Å². The van der Waals surface area contributed by atoms with Crippen molar-refractivity contribution in [1.29, 1.82) is 0 Å². The van der Waals surface area contributed by atoms with Gasteiger partial charge in [-0.05, 0) is 101 Å². The number of anilines is 1.